The van der Waals surface area contributed by atoms with Crippen molar-refractivity contribution in [2.45, 2.75) is 20.1 Å². The summed E-state index contributed by atoms with van der Waals surface area (Å²) in [5.74, 6) is 0.537. The van der Waals surface area contributed by atoms with Gasteiger partial charge in [-0.1, -0.05) is 6.07 Å². The standard InChI is InChI=1S/C20H20F2N4O3/c1-3-28-17-11-14(5-7-16(17)29-20(21)22)13-25(2)19(27)15-6-8-18(23-12-15)26-10-4-9-24-26/h4-12,20H,3,13H2,1-2H3. The summed E-state index contributed by atoms with van der Waals surface area (Å²) in [7, 11) is 1.65. The van der Waals surface area contributed by atoms with Crippen LogP contribution >= 0.6 is 0 Å². The van der Waals surface area contributed by atoms with E-state index in [9.17, 15) is 13.6 Å². The summed E-state index contributed by atoms with van der Waals surface area (Å²) < 4.78 is 36.5. The van der Waals surface area contributed by atoms with E-state index < -0.39 is 6.61 Å². The van der Waals surface area contributed by atoms with Crippen molar-refractivity contribution in [3.05, 3.63) is 66.1 Å². The van der Waals surface area contributed by atoms with Gasteiger partial charge in [0, 0.05) is 32.2 Å². The smallest absolute Gasteiger partial charge is 0.387 e. The molecule has 1 aromatic carbocycles. The van der Waals surface area contributed by atoms with E-state index >= 15 is 0 Å². The van der Waals surface area contributed by atoms with Crippen molar-refractivity contribution in [2.24, 2.45) is 0 Å². The maximum atomic E-state index is 12.7. The molecule has 3 rings (SSSR count). The first kappa shape index (κ1) is 20.2. The molecule has 2 heterocycles. The van der Waals surface area contributed by atoms with E-state index in [2.05, 4.69) is 14.8 Å². The number of halogens is 2. The van der Waals surface area contributed by atoms with Gasteiger partial charge in [0.2, 0.25) is 0 Å². The summed E-state index contributed by atoms with van der Waals surface area (Å²) >= 11 is 0. The highest BCUT2D eigenvalue weighted by molar-refractivity contribution is 5.93. The van der Waals surface area contributed by atoms with Crippen molar-refractivity contribution in [3.8, 4) is 17.3 Å². The molecule has 3 aromatic rings. The summed E-state index contributed by atoms with van der Waals surface area (Å²) in [5.41, 5.74) is 1.14. The fourth-order valence-electron chi connectivity index (χ4n) is 2.73. The third-order valence-corrected chi connectivity index (χ3v) is 4.02. The average molecular weight is 402 g/mol. The first-order valence-corrected chi connectivity index (χ1v) is 8.90. The van der Waals surface area contributed by atoms with Gasteiger partial charge in [0.25, 0.3) is 5.91 Å². The Morgan fingerprint density at radius 2 is 2.07 bits per heavy atom. The van der Waals surface area contributed by atoms with Crippen LogP contribution in [0.2, 0.25) is 0 Å². The van der Waals surface area contributed by atoms with Crippen LogP contribution in [-0.4, -0.2) is 45.8 Å². The van der Waals surface area contributed by atoms with Crippen molar-refractivity contribution in [2.75, 3.05) is 13.7 Å². The van der Waals surface area contributed by atoms with Gasteiger partial charge in [-0.15, -0.1) is 0 Å². The van der Waals surface area contributed by atoms with Gasteiger partial charge in [-0.3, -0.25) is 4.79 Å². The lowest BCUT2D eigenvalue weighted by molar-refractivity contribution is -0.0514. The number of hydrogen-bond donors (Lipinski definition) is 0. The van der Waals surface area contributed by atoms with E-state index in [1.54, 1.807) is 61.4 Å². The van der Waals surface area contributed by atoms with Crippen LogP contribution in [0.25, 0.3) is 5.82 Å². The minimum absolute atomic E-state index is 0.0435. The summed E-state index contributed by atoms with van der Waals surface area (Å²) in [6.07, 6.45) is 4.89. The van der Waals surface area contributed by atoms with Gasteiger partial charge in [0.1, 0.15) is 0 Å². The minimum atomic E-state index is -2.94. The Kier molecular flexibility index (Phi) is 6.38. The molecule has 1 amide bonds. The normalized spacial score (nSPS) is 10.8. The molecule has 0 saturated carbocycles. The number of hydrogen-bond acceptors (Lipinski definition) is 5. The second kappa shape index (κ2) is 9.13. The summed E-state index contributed by atoms with van der Waals surface area (Å²) in [4.78, 5) is 18.4. The number of carbonyl (C=O) groups is 1. The highest BCUT2D eigenvalue weighted by Gasteiger charge is 2.16. The molecule has 7 nitrogen and oxygen atoms in total. The highest BCUT2D eigenvalue weighted by Crippen LogP contribution is 2.30. The van der Waals surface area contributed by atoms with Gasteiger partial charge in [0.05, 0.1) is 12.2 Å². The number of alkyl halides is 2. The molecule has 0 N–H and O–H groups in total. The van der Waals surface area contributed by atoms with Crippen LogP contribution < -0.4 is 9.47 Å². The van der Waals surface area contributed by atoms with E-state index in [1.807, 2.05) is 0 Å². The molecular formula is C20H20F2N4O3. The Balaban J connectivity index is 1.71. The number of carbonyl (C=O) groups excluding carboxylic acids is 1. The zero-order chi connectivity index (χ0) is 20.8. The van der Waals surface area contributed by atoms with Crippen LogP contribution in [0.3, 0.4) is 0 Å². The molecule has 152 valence electrons. The van der Waals surface area contributed by atoms with E-state index in [0.717, 1.165) is 0 Å². The lowest BCUT2D eigenvalue weighted by Crippen LogP contribution is -2.26. The van der Waals surface area contributed by atoms with Gasteiger partial charge in [-0.25, -0.2) is 9.67 Å². The molecule has 0 bridgehead atoms. The molecular weight excluding hydrogens is 382 g/mol. The molecule has 29 heavy (non-hydrogen) atoms. The number of aromatic nitrogens is 3. The number of pyridine rings is 1. The highest BCUT2D eigenvalue weighted by atomic mass is 19.3. The Hall–Kier alpha value is -3.49. The molecule has 0 aliphatic heterocycles. The second-order valence-corrected chi connectivity index (χ2v) is 6.11. The van der Waals surface area contributed by atoms with Crippen molar-refractivity contribution >= 4 is 5.91 Å². The number of nitrogens with zero attached hydrogens (tertiary/aromatic N) is 4. The first-order chi connectivity index (χ1) is 14.0. The zero-order valence-corrected chi connectivity index (χ0v) is 16.0. The molecule has 0 aliphatic carbocycles. The minimum Gasteiger partial charge on any atom is -0.490 e. The van der Waals surface area contributed by atoms with E-state index in [-0.39, 0.29) is 24.0 Å². The van der Waals surface area contributed by atoms with Crippen LogP contribution in [0.1, 0.15) is 22.8 Å². The first-order valence-electron chi connectivity index (χ1n) is 8.90. The van der Waals surface area contributed by atoms with Crippen molar-refractivity contribution in [1.82, 2.24) is 19.7 Å². The predicted molar refractivity (Wildman–Crippen MR) is 101 cm³/mol. The molecule has 0 fully saturated rings. The average Bonchev–Trinajstić information content (AvgIpc) is 3.24. The number of amides is 1. The molecule has 0 atom stereocenters. The van der Waals surface area contributed by atoms with Crippen molar-refractivity contribution in [1.29, 1.82) is 0 Å². The van der Waals surface area contributed by atoms with Gasteiger partial charge < -0.3 is 14.4 Å². The SMILES string of the molecule is CCOc1cc(CN(C)C(=O)c2ccc(-n3cccn3)nc2)ccc1OC(F)F. The van der Waals surface area contributed by atoms with E-state index in [0.29, 0.717) is 23.6 Å². The fourth-order valence-corrected chi connectivity index (χ4v) is 2.73. The topological polar surface area (TPSA) is 69.5 Å². The summed E-state index contributed by atoms with van der Waals surface area (Å²) in [6, 6.07) is 9.77. The van der Waals surface area contributed by atoms with Crippen LogP contribution in [0.15, 0.2) is 55.0 Å². The maximum Gasteiger partial charge on any atom is 0.387 e. The maximum absolute atomic E-state index is 12.7. The van der Waals surface area contributed by atoms with Crippen LogP contribution in [0, 0.1) is 0 Å². The van der Waals surface area contributed by atoms with Crippen molar-refractivity contribution < 1.29 is 23.0 Å². The van der Waals surface area contributed by atoms with Gasteiger partial charge in [-0.2, -0.15) is 13.9 Å². The largest absolute Gasteiger partial charge is 0.490 e. The Morgan fingerprint density at radius 3 is 2.69 bits per heavy atom. The molecule has 0 aliphatic rings. The monoisotopic (exact) mass is 402 g/mol. The van der Waals surface area contributed by atoms with Crippen LogP contribution in [-0.2, 0) is 6.54 Å². The van der Waals surface area contributed by atoms with Gasteiger partial charge >= 0.3 is 6.61 Å². The Labute approximate surface area is 166 Å². The van der Waals surface area contributed by atoms with E-state index in [1.165, 1.54) is 17.2 Å². The van der Waals surface area contributed by atoms with Gasteiger partial charge in [0.15, 0.2) is 17.3 Å². The Morgan fingerprint density at radius 1 is 1.24 bits per heavy atom. The molecule has 9 heteroatoms. The fraction of sp³-hybridized carbons (Fsp3) is 0.250. The molecule has 0 radical (unpaired) electrons. The van der Waals surface area contributed by atoms with E-state index in [4.69, 9.17) is 4.74 Å². The number of rotatable bonds is 8. The molecule has 2 aromatic heterocycles. The quantitative estimate of drug-likeness (QED) is 0.577. The molecule has 0 unspecified atom stereocenters. The second-order valence-electron chi connectivity index (χ2n) is 6.11. The lowest BCUT2D eigenvalue weighted by atomic mass is 10.1. The van der Waals surface area contributed by atoms with Crippen molar-refractivity contribution in [3.63, 3.8) is 0 Å². The predicted octanol–water partition coefficient (Wildman–Crippen LogP) is 3.54. The van der Waals surface area contributed by atoms with Crippen LogP contribution in [0.4, 0.5) is 8.78 Å². The molecule has 0 saturated heterocycles. The summed E-state index contributed by atoms with van der Waals surface area (Å²) in [6.45, 7) is -0.642. The third-order valence-electron chi connectivity index (χ3n) is 4.02. The lowest BCUT2D eigenvalue weighted by Gasteiger charge is -2.19. The number of benzene rings is 1. The summed E-state index contributed by atoms with van der Waals surface area (Å²) in [5, 5.41) is 4.09. The number of ether oxygens (including phenoxy) is 2. The van der Waals surface area contributed by atoms with Gasteiger partial charge in [-0.05, 0) is 42.8 Å². The Bertz CT molecular complexity index is 947. The van der Waals surface area contributed by atoms with Crippen LogP contribution in [0.5, 0.6) is 11.5 Å². The molecule has 0 spiro atoms. The third kappa shape index (κ3) is 5.07. The zero-order valence-electron chi connectivity index (χ0n) is 16.0.